The summed E-state index contributed by atoms with van der Waals surface area (Å²) in [5, 5.41) is 5.31. The number of ether oxygens (including phenoxy) is 2. The maximum atomic E-state index is 12.7. The first-order valence-corrected chi connectivity index (χ1v) is 11.0. The maximum absolute atomic E-state index is 12.7. The number of fused-ring (bicyclic) bond motifs is 1. The molecule has 0 saturated carbocycles. The number of amides is 1. The summed E-state index contributed by atoms with van der Waals surface area (Å²) in [7, 11) is 3.14. The number of aromatic nitrogens is 2. The summed E-state index contributed by atoms with van der Waals surface area (Å²) in [6.45, 7) is 2.90. The Morgan fingerprint density at radius 3 is 2.83 bits per heavy atom. The van der Waals surface area contributed by atoms with Gasteiger partial charge in [0, 0.05) is 18.7 Å². The number of methoxy groups -OCH3 is 2. The molecular formula is C20H23N3O4S2. The van der Waals surface area contributed by atoms with Crippen LogP contribution in [0.1, 0.15) is 18.9 Å². The zero-order valence-electron chi connectivity index (χ0n) is 16.6. The minimum absolute atomic E-state index is 0.0455. The zero-order valence-corrected chi connectivity index (χ0v) is 18.2. The van der Waals surface area contributed by atoms with Gasteiger partial charge in [-0.2, -0.15) is 0 Å². The molecular weight excluding hydrogens is 410 g/mol. The van der Waals surface area contributed by atoms with Crippen molar-refractivity contribution in [2.45, 2.75) is 31.6 Å². The Balaban J connectivity index is 1.69. The second kappa shape index (κ2) is 9.80. The Morgan fingerprint density at radius 2 is 2.10 bits per heavy atom. The van der Waals surface area contributed by atoms with E-state index in [-0.39, 0.29) is 17.2 Å². The molecule has 7 nitrogen and oxygen atoms in total. The molecule has 2 aromatic heterocycles. The van der Waals surface area contributed by atoms with Gasteiger partial charge in [-0.15, -0.1) is 11.3 Å². The van der Waals surface area contributed by atoms with Crippen LogP contribution in [0.2, 0.25) is 0 Å². The number of thiophene rings is 1. The molecule has 29 heavy (non-hydrogen) atoms. The van der Waals surface area contributed by atoms with Gasteiger partial charge in [0.25, 0.3) is 5.56 Å². The summed E-state index contributed by atoms with van der Waals surface area (Å²) in [6, 6.07) is 7.36. The number of nitrogens with zero attached hydrogens (tertiary/aromatic N) is 2. The molecule has 1 aromatic carbocycles. The molecule has 1 N–H and O–H groups in total. The van der Waals surface area contributed by atoms with Crippen molar-refractivity contribution in [1.82, 2.24) is 14.9 Å². The van der Waals surface area contributed by atoms with E-state index in [4.69, 9.17) is 9.47 Å². The molecule has 3 aromatic rings. The number of hydrogen-bond acceptors (Lipinski definition) is 7. The molecule has 9 heteroatoms. The molecule has 154 valence electrons. The minimum Gasteiger partial charge on any atom is -0.493 e. The van der Waals surface area contributed by atoms with Crippen molar-refractivity contribution in [3.63, 3.8) is 0 Å². The van der Waals surface area contributed by atoms with Crippen LogP contribution < -0.4 is 20.3 Å². The van der Waals surface area contributed by atoms with Gasteiger partial charge in [0.15, 0.2) is 16.7 Å². The number of para-hydroxylation sites is 1. The van der Waals surface area contributed by atoms with Gasteiger partial charge in [-0.25, -0.2) is 4.98 Å². The molecule has 0 aliphatic heterocycles. The average Bonchev–Trinajstić information content (AvgIpc) is 3.21. The van der Waals surface area contributed by atoms with E-state index in [0.29, 0.717) is 40.0 Å². The van der Waals surface area contributed by atoms with Crippen molar-refractivity contribution in [2.75, 3.05) is 20.0 Å². The number of rotatable bonds is 9. The van der Waals surface area contributed by atoms with E-state index < -0.39 is 0 Å². The van der Waals surface area contributed by atoms with Gasteiger partial charge in [0.1, 0.15) is 4.70 Å². The molecule has 0 radical (unpaired) electrons. The minimum atomic E-state index is -0.150. The van der Waals surface area contributed by atoms with Gasteiger partial charge in [-0.05, 0) is 23.9 Å². The highest BCUT2D eigenvalue weighted by Crippen LogP contribution is 2.30. The lowest BCUT2D eigenvalue weighted by Gasteiger charge is -2.13. The molecule has 1 amide bonds. The van der Waals surface area contributed by atoms with Gasteiger partial charge >= 0.3 is 0 Å². The molecule has 0 fully saturated rings. The molecule has 0 bridgehead atoms. The Morgan fingerprint density at radius 1 is 1.28 bits per heavy atom. The molecule has 3 rings (SSSR count). The quantitative estimate of drug-likeness (QED) is 0.412. The number of carbonyl (C=O) groups is 1. The predicted octanol–water partition coefficient (Wildman–Crippen LogP) is 3.29. The van der Waals surface area contributed by atoms with E-state index in [1.807, 2.05) is 30.5 Å². The Labute approximate surface area is 177 Å². The van der Waals surface area contributed by atoms with Crippen LogP contribution in [-0.4, -0.2) is 35.4 Å². The Hall–Kier alpha value is -2.52. The van der Waals surface area contributed by atoms with Crippen LogP contribution in [0.3, 0.4) is 0 Å². The smallest absolute Gasteiger partial charge is 0.272 e. The van der Waals surface area contributed by atoms with Crippen molar-refractivity contribution >= 4 is 39.2 Å². The topological polar surface area (TPSA) is 82.5 Å². The number of carbonyl (C=O) groups excluding carboxylic acids is 1. The maximum Gasteiger partial charge on any atom is 0.272 e. The van der Waals surface area contributed by atoms with Crippen LogP contribution in [0, 0.1) is 0 Å². The molecule has 0 atom stereocenters. The first-order valence-electron chi connectivity index (χ1n) is 9.16. The third-order valence-corrected chi connectivity index (χ3v) is 6.14. The fourth-order valence-electron chi connectivity index (χ4n) is 2.92. The highest BCUT2D eigenvalue weighted by molar-refractivity contribution is 7.99. The third-order valence-electron chi connectivity index (χ3n) is 4.27. The van der Waals surface area contributed by atoms with Crippen molar-refractivity contribution < 1.29 is 14.3 Å². The summed E-state index contributed by atoms with van der Waals surface area (Å²) in [6.07, 6.45) is 0.813. The SMILES string of the molecule is CCCn1c(SCC(=O)NCc2cccc(OC)c2OC)nc2ccsc2c1=O. The van der Waals surface area contributed by atoms with Crippen LogP contribution in [-0.2, 0) is 17.9 Å². The lowest BCUT2D eigenvalue weighted by Crippen LogP contribution is -2.26. The third kappa shape index (κ3) is 4.73. The summed E-state index contributed by atoms with van der Waals surface area (Å²) in [4.78, 5) is 29.6. The molecule has 0 spiro atoms. The van der Waals surface area contributed by atoms with Crippen LogP contribution >= 0.6 is 23.1 Å². The monoisotopic (exact) mass is 433 g/mol. The van der Waals surface area contributed by atoms with Crippen molar-refractivity contribution in [2.24, 2.45) is 0 Å². The standard InChI is InChI=1S/C20H23N3O4S2/c1-4-9-23-19(25)18-14(8-10-28-18)22-20(23)29-12-16(24)21-11-13-6-5-7-15(26-2)17(13)27-3/h5-8,10H,4,9,11-12H2,1-3H3,(H,21,24). The van der Waals surface area contributed by atoms with E-state index in [0.717, 1.165) is 12.0 Å². The molecule has 0 aliphatic carbocycles. The largest absolute Gasteiger partial charge is 0.493 e. The van der Waals surface area contributed by atoms with Crippen molar-refractivity contribution in [3.8, 4) is 11.5 Å². The van der Waals surface area contributed by atoms with E-state index in [1.165, 1.54) is 23.1 Å². The van der Waals surface area contributed by atoms with Crippen LogP contribution in [0.15, 0.2) is 39.6 Å². The summed E-state index contributed by atoms with van der Waals surface area (Å²) in [5.74, 6) is 1.23. The lowest BCUT2D eigenvalue weighted by molar-refractivity contribution is -0.118. The van der Waals surface area contributed by atoms with Crippen LogP contribution in [0.5, 0.6) is 11.5 Å². The zero-order chi connectivity index (χ0) is 20.8. The summed E-state index contributed by atoms with van der Waals surface area (Å²) >= 11 is 2.66. The normalized spacial score (nSPS) is 10.9. The van der Waals surface area contributed by atoms with E-state index in [1.54, 1.807) is 24.9 Å². The first-order chi connectivity index (χ1) is 14.1. The van der Waals surface area contributed by atoms with Gasteiger partial charge in [0.05, 0.1) is 25.5 Å². The summed E-state index contributed by atoms with van der Waals surface area (Å²) in [5.41, 5.74) is 1.46. The number of benzene rings is 1. The molecule has 2 heterocycles. The van der Waals surface area contributed by atoms with Crippen molar-refractivity contribution in [3.05, 3.63) is 45.6 Å². The number of hydrogen-bond donors (Lipinski definition) is 1. The Bertz CT molecular complexity index is 1060. The lowest BCUT2D eigenvalue weighted by atomic mass is 10.2. The second-order valence-electron chi connectivity index (χ2n) is 6.20. The van der Waals surface area contributed by atoms with Crippen molar-refractivity contribution in [1.29, 1.82) is 0 Å². The highest BCUT2D eigenvalue weighted by atomic mass is 32.2. The van der Waals surface area contributed by atoms with Gasteiger partial charge < -0.3 is 14.8 Å². The highest BCUT2D eigenvalue weighted by Gasteiger charge is 2.15. The number of thioether (sulfide) groups is 1. The van der Waals surface area contributed by atoms with Gasteiger partial charge in [-0.1, -0.05) is 30.8 Å². The number of nitrogens with one attached hydrogen (secondary N) is 1. The Kier molecular flexibility index (Phi) is 7.16. The average molecular weight is 434 g/mol. The fraction of sp³-hybridized carbons (Fsp3) is 0.350. The molecule has 0 aliphatic rings. The van der Waals surface area contributed by atoms with Crippen LogP contribution in [0.25, 0.3) is 10.2 Å². The predicted molar refractivity (Wildman–Crippen MR) is 116 cm³/mol. The van der Waals surface area contributed by atoms with E-state index in [9.17, 15) is 9.59 Å². The molecule has 0 saturated heterocycles. The van der Waals surface area contributed by atoms with E-state index in [2.05, 4.69) is 10.3 Å². The summed E-state index contributed by atoms with van der Waals surface area (Å²) < 4.78 is 13.0. The second-order valence-corrected chi connectivity index (χ2v) is 8.06. The van der Waals surface area contributed by atoms with Gasteiger partial charge in [0.2, 0.25) is 5.91 Å². The van der Waals surface area contributed by atoms with Crippen LogP contribution in [0.4, 0.5) is 0 Å². The van der Waals surface area contributed by atoms with E-state index >= 15 is 0 Å². The molecule has 0 unspecified atom stereocenters. The first kappa shape index (κ1) is 21.2. The fourth-order valence-corrected chi connectivity index (χ4v) is 4.56. The van der Waals surface area contributed by atoms with Gasteiger partial charge in [-0.3, -0.25) is 14.2 Å².